The molecule has 9 heteroatoms. The Morgan fingerprint density at radius 3 is 2.39 bits per heavy atom. The average molecular weight is 529 g/mol. The van der Waals surface area contributed by atoms with Crippen LogP contribution in [0.1, 0.15) is 24.0 Å². The number of benzene rings is 3. The van der Waals surface area contributed by atoms with Crippen molar-refractivity contribution in [1.82, 2.24) is 5.32 Å². The Balaban J connectivity index is 1.48. The van der Waals surface area contributed by atoms with E-state index < -0.39 is 10.0 Å². The Labute approximate surface area is 217 Å². The van der Waals surface area contributed by atoms with Crippen molar-refractivity contribution in [3.63, 3.8) is 0 Å². The molecule has 1 aliphatic rings. The Hall–Kier alpha value is -3.07. The minimum absolute atomic E-state index is 0.0651. The first-order chi connectivity index (χ1) is 17.3. The number of ether oxygens (including phenoxy) is 2. The van der Waals surface area contributed by atoms with Crippen molar-refractivity contribution in [2.75, 3.05) is 24.1 Å². The van der Waals surface area contributed by atoms with Gasteiger partial charge >= 0.3 is 0 Å². The summed E-state index contributed by atoms with van der Waals surface area (Å²) >= 11 is 6.01. The first-order valence-electron chi connectivity index (χ1n) is 11.8. The molecule has 1 saturated heterocycles. The molecule has 0 radical (unpaired) electrons. The second-order valence-electron chi connectivity index (χ2n) is 8.67. The standard InChI is InChI=1S/C27H29ClN2O5S/c1-20-4-14-26(15-5-20)36(32,33)30(18-21-6-8-22(28)9-7-21)23-10-12-24(13-11-23)35-19-27(31)29-17-25-3-2-16-34-25/h4-15,25H,2-3,16-19H2,1H3,(H,29,31). The molecule has 4 rings (SSSR count). The molecule has 0 saturated carbocycles. The Bertz CT molecular complexity index is 1260. The summed E-state index contributed by atoms with van der Waals surface area (Å²) < 4.78 is 39.6. The number of anilines is 1. The predicted molar refractivity (Wildman–Crippen MR) is 140 cm³/mol. The van der Waals surface area contributed by atoms with E-state index in [1.807, 2.05) is 6.92 Å². The molecular weight excluding hydrogens is 500 g/mol. The highest BCUT2D eigenvalue weighted by molar-refractivity contribution is 7.92. The van der Waals surface area contributed by atoms with Gasteiger partial charge in [-0.3, -0.25) is 9.10 Å². The minimum Gasteiger partial charge on any atom is -0.484 e. The summed E-state index contributed by atoms with van der Waals surface area (Å²) in [6, 6.07) is 20.5. The lowest BCUT2D eigenvalue weighted by Crippen LogP contribution is -2.35. The van der Waals surface area contributed by atoms with Crippen LogP contribution in [0.3, 0.4) is 0 Å². The molecule has 190 valence electrons. The molecule has 3 aromatic rings. The molecule has 1 heterocycles. The molecule has 36 heavy (non-hydrogen) atoms. The van der Waals surface area contributed by atoms with Crippen LogP contribution in [-0.2, 0) is 26.1 Å². The fraction of sp³-hybridized carbons (Fsp3) is 0.296. The maximum Gasteiger partial charge on any atom is 0.264 e. The molecule has 0 spiro atoms. The Morgan fingerprint density at radius 2 is 1.75 bits per heavy atom. The van der Waals surface area contributed by atoms with Crippen molar-refractivity contribution in [1.29, 1.82) is 0 Å². The highest BCUT2D eigenvalue weighted by atomic mass is 35.5. The van der Waals surface area contributed by atoms with Gasteiger partial charge in [-0.05, 0) is 73.9 Å². The molecule has 1 atom stereocenters. The molecule has 7 nitrogen and oxygen atoms in total. The molecular formula is C27H29ClN2O5S. The van der Waals surface area contributed by atoms with Crippen molar-refractivity contribution in [2.24, 2.45) is 0 Å². The van der Waals surface area contributed by atoms with Gasteiger partial charge in [0.15, 0.2) is 6.61 Å². The summed E-state index contributed by atoms with van der Waals surface area (Å²) in [6.07, 6.45) is 2.02. The van der Waals surface area contributed by atoms with Gasteiger partial charge in [0.1, 0.15) is 5.75 Å². The third kappa shape index (κ3) is 6.78. The van der Waals surface area contributed by atoms with Crippen molar-refractivity contribution in [3.05, 3.63) is 88.9 Å². The van der Waals surface area contributed by atoms with Gasteiger partial charge in [0.25, 0.3) is 15.9 Å². The van der Waals surface area contributed by atoms with Crippen molar-refractivity contribution in [2.45, 2.75) is 37.3 Å². The molecule has 0 bridgehead atoms. The SMILES string of the molecule is Cc1ccc(S(=O)(=O)N(Cc2ccc(Cl)cc2)c2ccc(OCC(=O)NCC3CCCO3)cc2)cc1. The lowest BCUT2D eigenvalue weighted by molar-refractivity contribution is -0.123. The van der Waals surface area contributed by atoms with Crippen LogP contribution in [0.15, 0.2) is 77.7 Å². The molecule has 1 fully saturated rings. The first-order valence-corrected chi connectivity index (χ1v) is 13.6. The van der Waals surface area contributed by atoms with Crippen LogP contribution in [0.4, 0.5) is 5.69 Å². The second kappa shape index (κ2) is 11.8. The minimum atomic E-state index is -3.85. The largest absolute Gasteiger partial charge is 0.484 e. The second-order valence-corrected chi connectivity index (χ2v) is 11.0. The number of amides is 1. The zero-order chi connectivity index (χ0) is 25.5. The maximum absolute atomic E-state index is 13.6. The van der Waals surface area contributed by atoms with Crippen LogP contribution >= 0.6 is 11.6 Å². The summed E-state index contributed by atoms with van der Waals surface area (Å²) in [7, 11) is -3.85. The predicted octanol–water partition coefficient (Wildman–Crippen LogP) is 4.72. The van der Waals surface area contributed by atoms with E-state index in [0.717, 1.165) is 30.6 Å². The van der Waals surface area contributed by atoms with Crippen molar-refractivity contribution in [3.8, 4) is 5.75 Å². The van der Waals surface area contributed by atoms with Gasteiger partial charge in [0.2, 0.25) is 0 Å². The highest BCUT2D eigenvalue weighted by Gasteiger charge is 2.25. The zero-order valence-electron chi connectivity index (χ0n) is 20.0. The van der Waals surface area contributed by atoms with E-state index in [2.05, 4.69) is 5.32 Å². The van der Waals surface area contributed by atoms with Gasteiger partial charge in [-0.2, -0.15) is 0 Å². The normalized spacial score (nSPS) is 15.4. The van der Waals surface area contributed by atoms with Gasteiger partial charge in [-0.1, -0.05) is 41.4 Å². The van der Waals surface area contributed by atoms with Crippen LogP contribution in [0.5, 0.6) is 5.75 Å². The number of sulfonamides is 1. The van der Waals surface area contributed by atoms with E-state index in [1.165, 1.54) is 4.31 Å². The zero-order valence-corrected chi connectivity index (χ0v) is 21.6. The lowest BCUT2D eigenvalue weighted by Gasteiger charge is -2.25. The number of carbonyl (C=O) groups is 1. The number of halogens is 1. The smallest absolute Gasteiger partial charge is 0.264 e. The molecule has 1 amide bonds. The topological polar surface area (TPSA) is 84.9 Å². The molecule has 1 aliphatic heterocycles. The Kier molecular flexibility index (Phi) is 8.51. The molecule has 1 N–H and O–H groups in total. The third-order valence-electron chi connectivity index (χ3n) is 5.89. The fourth-order valence-electron chi connectivity index (χ4n) is 3.85. The van der Waals surface area contributed by atoms with Crippen LogP contribution in [-0.4, -0.2) is 40.2 Å². The molecule has 3 aromatic carbocycles. The third-order valence-corrected chi connectivity index (χ3v) is 7.93. The number of rotatable bonds is 10. The summed E-state index contributed by atoms with van der Waals surface area (Å²) in [4.78, 5) is 12.3. The van der Waals surface area contributed by atoms with Gasteiger partial charge in [0, 0.05) is 18.2 Å². The van der Waals surface area contributed by atoms with Crippen molar-refractivity contribution >= 4 is 33.2 Å². The van der Waals surface area contributed by atoms with E-state index >= 15 is 0 Å². The van der Waals surface area contributed by atoms with E-state index in [4.69, 9.17) is 21.1 Å². The number of nitrogens with zero attached hydrogens (tertiary/aromatic N) is 1. The van der Waals surface area contributed by atoms with Crippen LogP contribution < -0.4 is 14.4 Å². The highest BCUT2D eigenvalue weighted by Crippen LogP contribution is 2.28. The van der Waals surface area contributed by atoms with Crippen LogP contribution in [0.2, 0.25) is 5.02 Å². The number of hydrogen-bond acceptors (Lipinski definition) is 5. The van der Waals surface area contributed by atoms with E-state index in [9.17, 15) is 13.2 Å². The fourth-order valence-corrected chi connectivity index (χ4v) is 5.43. The van der Waals surface area contributed by atoms with Gasteiger partial charge < -0.3 is 14.8 Å². The van der Waals surface area contributed by atoms with E-state index in [-0.39, 0.29) is 30.1 Å². The first kappa shape index (κ1) is 26.0. The summed E-state index contributed by atoms with van der Waals surface area (Å²) in [5.74, 6) is 0.228. The van der Waals surface area contributed by atoms with E-state index in [1.54, 1.807) is 72.8 Å². The summed E-state index contributed by atoms with van der Waals surface area (Å²) in [6.45, 7) is 3.10. The number of hydrogen-bond donors (Lipinski definition) is 1. The van der Waals surface area contributed by atoms with Crippen LogP contribution in [0, 0.1) is 6.92 Å². The molecule has 0 aliphatic carbocycles. The van der Waals surface area contributed by atoms with Crippen molar-refractivity contribution < 1.29 is 22.7 Å². The van der Waals surface area contributed by atoms with Gasteiger partial charge in [-0.15, -0.1) is 0 Å². The van der Waals surface area contributed by atoms with Crippen LogP contribution in [0.25, 0.3) is 0 Å². The van der Waals surface area contributed by atoms with Gasteiger partial charge in [0.05, 0.1) is 23.2 Å². The van der Waals surface area contributed by atoms with E-state index in [0.29, 0.717) is 23.0 Å². The number of carbonyl (C=O) groups excluding carboxylic acids is 1. The summed E-state index contributed by atoms with van der Waals surface area (Å²) in [5.41, 5.74) is 2.23. The quantitative estimate of drug-likeness (QED) is 0.411. The lowest BCUT2D eigenvalue weighted by atomic mass is 10.2. The number of nitrogens with one attached hydrogen (secondary N) is 1. The number of aryl methyl sites for hydroxylation is 1. The molecule has 1 unspecified atom stereocenters. The monoisotopic (exact) mass is 528 g/mol. The maximum atomic E-state index is 13.6. The van der Waals surface area contributed by atoms with Gasteiger partial charge in [-0.25, -0.2) is 8.42 Å². The average Bonchev–Trinajstić information content (AvgIpc) is 3.40. The summed E-state index contributed by atoms with van der Waals surface area (Å²) in [5, 5.41) is 3.39. The molecule has 0 aromatic heterocycles. The Morgan fingerprint density at radius 1 is 1.06 bits per heavy atom.